The average molecular weight is 386 g/mol. The van der Waals surface area contributed by atoms with Gasteiger partial charge in [0.25, 0.3) is 0 Å². The normalized spacial score (nSPS) is 15.3. The molecule has 0 spiro atoms. The third-order valence-corrected chi connectivity index (χ3v) is 5.16. The van der Waals surface area contributed by atoms with Gasteiger partial charge in [-0.15, -0.1) is 0 Å². The fraction of sp³-hybridized carbons (Fsp3) is 0.125. The molecule has 3 aromatic rings. The Morgan fingerprint density at radius 1 is 1.11 bits per heavy atom. The average Bonchev–Trinajstić information content (AvgIpc) is 3.33. The van der Waals surface area contributed by atoms with E-state index in [0.717, 1.165) is 11.1 Å². The van der Waals surface area contributed by atoms with Crippen molar-refractivity contribution in [1.82, 2.24) is 36.7 Å². The molecule has 0 unspecified atom stereocenters. The van der Waals surface area contributed by atoms with Gasteiger partial charge in [-0.2, -0.15) is 16.2 Å². The summed E-state index contributed by atoms with van der Waals surface area (Å²) in [4.78, 5) is 4.04. The molecule has 0 aliphatic carbocycles. The van der Waals surface area contributed by atoms with Crippen LogP contribution < -0.4 is 27.1 Å². The second kappa shape index (κ2) is 7.15. The number of benzene rings is 1. The lowest BCUT2D eigenvalue weighted by molar-refractivity contribution is 0.540. The molecule has 3 heterocycles. The summed E-state index contributed by atoms with van der Waals surface area (Å²) in [6.07, 6.45) is 6.51. The van der Waals surface area contributed by atoms with Gasteiger partial charge in [-0.05, 0) is 29.3 Å². The molecular formula is C16H18N8O2S. The molecule has 0 bridgehead atoms. The summed E-state index contributed by atoms with van der Waals surface area (Å²) in [7, 11) is -3.91. The summed E-state index contributed by atoms with van der Waals surface area (Å²) in [6.45, 7) is 0.579. The van der Waals surface area contributed by atoms with Crippen molar-refractivity contribution in [2.24, 2.45) is 5.14 Å². The summed E-state index contributed by atoms with van der Waals surface area (Å²) in [6, 6.07) is 8.81. The van der Waals surface area contributed by atoms with Gasteiger partial charge in [0.05, 0.1) is 17.6 Å². The van der Waals surface area contributed by atoms with Crippen LogP contribution in [0.5, 0.6) is 0 Å². The molecule has 6 N–H and O–H groups in total. The van der Waals surface area contributed by atoms with Crippen molar-refractivity contribution < 1.29 is 8.42 Å². The van der Waals surface area contributed by atoms with Gasteiger partial charge in [-0.25, -0.2) is 24.4 Å². The van der Waals surface area contributed by atoms with Crippen LogP contribution in [0, 0.1) is 0 Å². The molecule has 1 aromatic carbocycles. The van der Waals surface area contributed by atoms with Crippen molar-refractivity contribution >= 4 is 10.0 Å². The minimum absolute atomic E-state index is 0.0392. The number of primary sulfonamides is 1. The molecule has 11 heteroatoms. The van der Waals surface area contributed by atoms with Gasteiger partial charge in [0.1, 0.15) is 6.17 Å². The molecule has 1 aliphatic heterocycles. The van der Waals surface area contributed by atoms with E-state index in [1.165, 1.54) is 6.07 Å². The van der Waals surface area contributed by atoms with E-state index in [0.29, 0.717) is 17.7 Å². The third-order valence-electron chi connectivity index (χ3n) is 4.20. The van der Waals surface area contributed by atoms with Crippen LogP contribution in [0.2, 0.25) is 0 Å². The van der Waals surface area contributed by atoms with Crippen LogP contribution in [-0.4, -0.2) is 23.2 Å². The smallest absolute Gasteiger partial charge is 0.238 e. The zero-order valence-electron chi connectivity index (χ0n) is 14.1. The number of nitrogens with zero attached hydrogens (tertiary/aromatic N) is 3. The summed E-state index contributed by atoms with van der Waals surface area (Å²) in [5, 5.41) is 9.82. The van der Waals surface area contributed by atoms with E-state index in [-0.39, 0.29) is 4.90 Å². The van der Waals surface area contributed by atoms with Crippen LogP contribution >= 0.6 is 0 Å². The van der Waals surface area contributed by atoms with Crippen LogP contribution in [-0.2, 0) is 16.6 Å². The van der Waals surface area contributed by atoms with E-state index >= 15 is 0 Å². The van der Waals surface area contributed by atoms with Gasteiger partial charge in [-0.3, -0.25) is 9.67 Å². The summed E-state index contributed by atoms with van der Waals surface area (Å²) in [5.74, 6) is 0. The number of aromatic nitrogens is 3. The monoisotopic (exact) mass is 386 g/mol. The lowest BCUT2D eigenvalue weighted by Crippen LogP contribution is -2.33. The Bertz CT molecular complexity index is 1050. The van der Waals surface area contributed by atoms with E-state index < -0.39 is 16.2 Å². The van der Waals surface area contributed by atoms with Gasteiger partial charge >= 0.3 is 0 Å². The molecule has 140 valence electrons. The first-order chi connectivity index (χ1) is 13.0. The van der Waals surface area contributed by atoms with Crippen LogP contribution in [0.25, 0.3) is 11.1 Å². The molecule has 0 saturated carbocycles. The highest BCUT2D eigenvalue weighted by molar-refractivity contribution is 7.89. The van der Waals surface area contributed by atoms with Gasteiger partial charge < -0.3 is 0 Å². The number of nitrogens with one attached hydrogen (secondary N) is 4. The molecule has 1 aliphatic rings. The zero-order valence-corrected chi connectivity index (χ0v) is 14.9. The largest absolute Gasteiger partial charge is 0.268 e. The summed E-state index contributed by atoms with van der Waals surface area (Å²) >= 11 is 0. The van der Waals surface area contributed by atoms with Gasteiger partial charge in [0.2, 0.25) is 10.0 Å². The van der Waals surface area contributed by atoms with E-state index in [4.69, 9.17) is 5.14 Å². The number of hydrogen-bond acceptors (Lipinski definition) is 8. The molecule has 10 nitrogen and oxygen atoms in total. The topological polar surface area (TPSA) is 139 Å². The van der Waals surface area contributed by atoms with Crippen molar-refractivity contribution in [2.75, 3.05) is 0 Å². The summed E-state index contributed by atoms with van der Waals surface area (Å²) < 4.78 is 26.0. The van der Waals surface area contributed by atoms with Crippen LogP contribution in [0.4, 0.5) is 0 Å². The lowest BCUT2D eigenvalue weighted by Gasteiger charge is -2.17. The van der Waals surface area contributed by atoms with Crippen molar-refractivity contribution in [3.8, 4) is 11.1 Å². The Morgan fingerprint density at radius 3 is 2.56 bits per heavy atom. The van der Waals surface area contributed by atoms with Crippen molar-refractivity contribution in [2.45, 2.75) is 17.6 Å². The molecule has 1 saturated heterocycles. The number of rotatable bonds is 5. The minimum Gasteiger partial charge on any atom is -0.268 e. The second-order valence-electron chi connectivity index (χ2n) is 6.02. The highest BCUT2D eigenvalue weighted by atomic mass is 32.2. The third kappa shape index (κ3) is 3.73. The van der Waals surface area contributed by atoms with Crippen LogP contribution in [0.3, 0.4) is 0 Å². The minimum atomic E-state index is -3.91. The van der Waals surface area contributed by atoms with Crippen molar-refractivity contribution in [3.63, 3.8) is 0 Å². The maximum absolute atomic E-state index is 12.1. The molecule has 0 atom stereocenters. The maximum Gasteiger partial charge on any atom is 0.238 e. The molecule has 4 rings (SSSR count). The number of hydrogen-bond donors (Lipinski definition) is 5. The lowest BCUT2D eigenvalue weighted by atomic mass is 10.0. The molecule has 1 fully saturated rings. The highest BCUT2D eigenvalue weighted by Crippen LogP contribution is 2.32. The molecule has 2 aromatic heterocycles. The van der Waals surface area contributed by atoms with E-state index in [1.807, 2.05) is 24.4 Å². The molecule has 27 heavy (non-hydrogen) atoms. The predicted molar refractivity (Wildman–Crippen MR) is 97.7 cm³/mol. The predicted octanol–water partition coefficient (Wildman–Crippen LogP) is -0.244. The van der Waals surface area contributed by atoms with Crippen LogP contribution in [0.1, 0.15) is 17.3 Å². The first-order valence-electron chi connectivity index (χ1n) is 8.11. The Kier molecular flexibility index (Phi) is 4.70. The molecule has 0 radical (unpaired) electrons. The number of nitrogens with two attached hydrogens (primary N) is 1. The first-order valence-corrected chi connectivity index (χ1v) is 9.65. The second-order valence-corrected chi connectivity index (χ2v) is 7.55. The molecular weight excluding hydrogens is 368 g/mol. The first kappa shape index (κ1) is 17.7. The highest BCUT2D eigenvalue weighted by Gasteiger charge is 2.27. The standard InChI is InChI=1S/C16H18N8O2S/c17-27(25,26)14-3-1-2-13(15(14)16-20-22-23-21-16)12-8-19-24(10-12)9-11-4-6-18-7-5-11/h1-8,10,16,20-23H,9H2,(H2,17,25,26). The number of pyridine rings is 1. The quantitative estimate of drug-likeness (QED) is 0.405. The van der Waals surface area contributed by atoms with Crippen molar-refractivity contribution in [3.05, 3.63) is 66.2 Å². The maximum atomic E-state index is 12.1. The van der Waals surface area contributed by atoms with Gasteiger partial charge in [-0.1, -0.05) is 12.1 Å². The fourth-order valence-corrected chi connectivity index (χ4v) is 3.81. The molecule has 0 amide bonds. The number of hydrazine groups is 3. The SMILES string of the molecule is NS(=O)(=O)c1cccc(-c2cnn(Cc3ccncc3)c2)c1C1NNNN1. The van der Waals surface area contributed by atoms with E-state index in [9.17, 15) is 8.42 Å². The van der Waals surface area contributed by atoms with E-state index in [2.05, 4.69) is 32.0 Å². The Morgan fingerprint density at radius 2 is 1.85 bits per heavy atom. The van der Waals surface area contributed by atoms with Crippen LogP contribution in [0.15, 0.2) is 60.0 Å². The van der Waals surface area contributed by atoms with Gasteiger partial charge in [0, 0.05) is 29.7 Å². The Balaban J connectivity index is 1.75. The van der Waals surface area contributed by atoms with Crippen molar-refractivity contribution in [1.29, 1.82) is 0 Å². The fourth-order valence-electron chi connectivity index (χ4n) is 3.00. The summed E-state index contributed by atoms with van der Waals surface area (Å²) in [5.41, 5.74) is 14.3. The van der Waals surface area contributed by atoms with Gasteiger partial charge in [0.15, 0.2) is 0 Å². The van der Waals surface area contributed by atoms with E-state index in [1.54, 1.807) is 29.3 Å². The zero-order chi connectivity index (χ0) is 18.9. The number of sulfonamides is 1. The Labute approximate surface area is 155 Å². The Hall–Kier alpha value is -2.67.